The zero-order valence-electron chi connectivity index (χ0n) is 12.3. The molecule has 1 aliphatic rings. The first-order valence-electron chi connectivity index (χ1n) is 6.68. The van der Waals surface area contributed by atoms with Crippen molar-refractivity contribution in [3.63, 3.8) is 0 Å². The number of carbonyl (C=O) groups excluding carboxylic acids is 1. The molecular formula is C13H26N2O4. The van der Waals surface area contributed by atoms with Gasteiger partial charge < -0.3 is 19.9 Å². The summed E-state index contributed by atoms with van der Waals surface area (Å²) in [6.45, 7) is 6.17. The zero-order chi connectivity index (χ0) is 14.5. The van der Waals surface area contributed by atoms with Gasteiger partial charge in [0, 0.05) is 33.9 Å². The summed E-state index contributed by atoms with van der Waals surface area (Å²) in [6, 6.07) is 0. The van der Waals surface area contributed by atoms with Crippen LogP contribution in [0, 0.1) is 0 Å². The number of hydrogen-bond acceptors (Lipinski definition) is 6. The predicted molar refractivity (Wildman–Crippen MR) is 71.9 cm³/mol. The summed E-state index contributed by atoms with van der Waals surface area (Å²) in [5, 5.41) is 0. The Labute approximate surface area is 115 Å². The summed E-state index contributed by atoms with van der Waals surface area (Å²) in [6.07, 6.45) is 0.715. The van der Waals surface area contributed by atoms with E-state index in [0.717, 1.165) is 19.6 Å². The Morgan fingerprint density at radius 2 is 1.84 bits per heavy atom. The third kappa shape index (κ3) is 4.42. The van der Waals surface area contributed by atoms with Gasteiger partial charge in [-0.15, -0.1) is 0 Å². The molecule has 1 heterocycles. The molecular weight excluding hydrogens is 248 g/mol. The maximum Gasteiger partial charge on any atom is 0.325 e. The molecule has 6 nitrogen and oxygen atoms in total. The molecule has 6 heteroatoms. The molecule has 0 aromatic carbocycles. The van der Waals surface area contributed by atoms with Crippen LogP contribution < -0.4 is 5.73 Å². The second-order valence-corrected chi connectivity index (χ2v) is 5.20. The van der Waals surface area contributed by atoms with E-state index in [9.17, 15) is 4.79 Å². The number of nitrogens with zero attached hydrogens (tertiary/aromatic N) is 1. The van der Waals surface area contributed by atoms with Crippen LogP contribution in [-0.2, 0) is 19.0 Å². The molecule has 0 saturated carbocycles. The fraction of sp³-hybridized carbons (Fsp3) is 0.923. The third-order valence-corrected chi connectivity index (χ3v) is 3.59. The van der Waals surface area contributed by atoms with Gasteiger partial charge >= 0.3 is 5.97 Å². The van der Waals surface area contributed by atoms with Crippen molar-refractivity contribution in [3.05, 3.63) is 0 Å². The lowest BCUT2D eigenvalue weighted by atomic mass is 9.99. The highest BCUT2D eigenvalue weighted by Gasteiger charge is 2.35. The van der Waals surface area contributed by atoms with Gasteiger partial charge in [0.25, 0.3) is 0 Å². The Bertz CT molecular complexity index is 284. The standard InChI is InChI=1S/C13H26N2O4/c1-5-19-12(16)13(2,14)6-7-15-8-10(17-3)11(9-15)18-4/h10-11H,5-9,14H2,1-4H3. The number of methoxy groups -OCH3 is 2. The summed E-state index contributed by atoms with van der Waals surface area (Å²) >= 11 is 0. The van der Waals surface area contributed by atoms with E-state index in [4.69, 9.17) is 19.9 Å². The smallest absolute Gasteiger partial charge is 0.325 e. The maximum absolute atomic E-state index is 11.7. The molecule has 1 aliphatic heterocycles. The first-order chi connectivity index (χ1) is 8.94. The van der Waals surface area contributed by atoms with Gasteiger partial charge in [-0.05, 0) is 20.3 Å². The van der Waals surface area contributed by atoms with Crippen LogP contribution in [0.25, 0.3) is 0 Å². The summed E-state index contributed by atoms with van der Waals surface area (Å²) in [5.41, 5.74) is 5.05. The lowest BCUT2D eigenvalue weighted by Crippen LogP contribution is -2.48. The highest BCUT2D eigenvalue weighted by molar-refractivity contribution is 5.79. The van der Waals surface area contributed by atoms with Gasteiger partial charge in [0.15, 0.2) is 0 Å². The minimum absolute atomic E-state index is 0.0802. The normalized spacial score (nSPS) is 27.2. The number of hydrogen-bond donors (Lipinski definition) is 1. The molecule has 0 aromatic heterocycles. The van der Waals surface area contributed by atoms with Crippen LogP contribution in [0.15, 0.2) is 0 Å². The lowest BCUT2D eigenvalue weighted by molar-refractivity contribution is -0.149. The summed E-state index contributed by atoms with van der Waals surface area (Å²) in [7, 11) is 3.37. The Morgan fingerprint density at radius 1 is 1.32 bits per heavy atom. The highest BCUT2D eigenvalue weighted by atomic mass is 16.5. The van der Waals surface area contributed by atoms with Crippen molar-refractivity contribution in [2.24, 2.45) is 5.73 Å². The quantitative estimate of drug-likeness (QED) is 0.659. The Morgan fingerprint density at radius 3 is 2.26 bits per heavy atom. The largest absolute Gasteiger partial charge is 0.465 e. The minimum Gasteiger partial charge on any atom is -0.465 e. The average molecular weight is 274 g/mol. The highest BCUT2D eigenvalue weighted by Crippen LogP contribution is 2.18. The van der Waals surface area contributed by atoms with Gasteiger partial charge in [0.05, 0.1) is 18.8 Å². The summed E-state index contributed by atoms with van der Waals surface area (Å²) in [4.78, 5) is 13.9. The number of esters is 1. The molecule has 1 saturated heterocycles. The minimum atomic E-state index is -0.941. The topological polar surface area (TPSA) is 74.0 Å². The van der Waals surface area contributed by atoms with E-state index in [2.05, 4.69) is 4.90 Å². The van der Waals surface area contributed by atoms with Gasteiger partial charge in [-0.3, -0.25) is 9.69 Å². The molecule has 0 amide bonds. The van der Waals surface area contributed by atoms with Crippen LogP contribution in [0.4, 0.5) is 0 Å². The van der Waals surface area contributed by atoms with E-state index in [1.54, 1.807) is 28.1 Å². The van der Waals surface area contributed by atoms with Crippen molar-refractivity contribution in [2.75, 3.05) is 40.5 Å². The Kier molecular flexibility index (Phi) is 6.19. The molecule has 0 radical (unpaired) electrons. The first-order valence-corrected chi connectivity index (χ1v) is 6.68. The molecule has 3 atom stereocenters. The number of nitrogens with two attached hydrogens (primary N) is 1. The predicted octanol–water partition coefficient (Wildman–Crippen LogP) is 0.00260. The van der Waals surface area contributed by atoms with Crippen molar-refractivity contribution in [3.8, 4) is 0 Å². The lowest BCUT2D eigenvalue weighted by Gasteiger charge is -2.25. The van der Waals surface area contributed by atoms with Crippen molar-refractivity contribution in [1.82, 2.24) is 4.90 Å². The maximum atomic E-state index is 11.7. The van der Waals surface area contributed by atoms with E-state index in [1.807, 2.05) is 0 Å². The van der Waals surface area contributed by atoms with E-state index in [-0.39, 0.29) is 18.2 Å². The van der Waals surface area contributed by atoms with Gasteiger partial charge in [-0.1, -0.05) is 0 Å². The van der Waals surface area contributed by atoms with Crippen molar-refractivity contribution < 1.29 is 19.0 Å². The molecule has 112 valence electrons. The van der Waals surface area contributed by atoms with Crippen LogP contribution in [0.2, 0.25) is 0 Å². The summed E-state index contributed by atoms with van der Waals surface area (Å²) in [5.74, 6) is -0.347. The fourth-order valence-electron chi connectivity index (χ4n) is 2.24. The zero-order valence-corrected chi connectivity index (χ0v) is 12.3. The average Bonchev–Trinajstić information content (AvgIpc) is 2.79. The van der Waals surface area contributed by atoms with Crippen molar-refractivity contribution in [2.45, 2.75) is 38.0 Å². The van der Waals surface area contributed by atoms with Crippen LogP contribution in [0.3, 0.4) is 0 Å². The second kappa shape index (κ2) is 7.19. The van der Waals surface area contributed by atoms with Crippen LogP contribution in [-0.4, -0.2) is 69.1 Å². The van der Waals surface area contributed by atoms with E-state index in [1.165, 1.54) is 0 Å². The van der Waals surface area contributed by atoms with Crippen molar-refractivity contribution in [1.29, 1.82) is 0 Å². The van der Waals surface area contributed by atoms with E-state index < -0.39 is 5.54 Å². The van der Waals surface area contributed by atoms with E-state index in [0.29, 0.717) is 13.0 Å². The molecule has 0 spiro atoms. The van der Waals surface area contributed by atoms with Crippen LogP contribution in [0.5, 0.6) is 0 Å². The van der Waals surface area contributed by atoms with Gasteiger partial charge in [-0.2, -0.15) is 0 Å². The summed E-state index contributed by atoms with van der Waals surface area (Å²) < 4.78 is 15.7. The molecule has 0 aromatic rings. The molecule has 2 N–H and O–H groups in total. The van der Waals surface area contributed by atoms with Crippen LogP contribution >= 0.6 is 0 Å². The molecule has 19 heavy (non-hydrogen) atoms. The molecule has 1 fully saturated rings. The molecule has 0 bridgehead atoms. The molecule has 3 unspecified atom stereocenters. The molecule has 1 rings (SSSR count). The Balaban J connectivity index is 2.43. The van der Waals surface area contributed by atoms with Crippen molar-refractivity contribution >= 4 is 5.97 Å². The number of carbonyl (C=O) groups is 1. The molecule has 0 aliphatic carbocycles. The van der Waals surface area contributed by atoms with Gasteiger partial charge in [-0.25, -0.2) is 0 Å². The number of rotatable bonds is 7. The SMILES string of the molecule is CCOC(=O)C(C)(N)CCN1CC(OC)C(OC)C1. The Hall–Kier alpha value is -0.690. The van der Waals surface area contributed by atoms with Crippen LogP contribution in [0.1, 0.15) is 20.3 Å². The monoisotopic (exact) mass is 274 g/mol. The first kappa shape index (κ1) is 16.4. The third-order valence-electron chi connectivity index (χ3n) is 3.59. The number of likely N-dealkylation sites (tertiary alicyclic amines) is 1. The van der Waals surface area contributed by atoms with Gasteiger partial charge in [0.2, 0.25) is 0 Å². The second-order valence-electron chi connectivity index (χ2n) is 5.20. The van der Waals surface area contributed by atoms with E-state index >= 15 is 0 Å². The van der Waals surface area contributed by atoms with Gasteiger partial charge in [0.1, 0.15) is 5.54 Å². The fourth-order valence-corrected chi connectivity index (χ4v) is 2.24. The number of ether oxygens (including phenoxy) is 3.